The molecule has 32 heavy (non-hydrogen) atoms. The third kappa shape index (κ3) is 4.34. The minimum absolute atomic E-state index is 0.193. The van der Waals surface area contributed by atoms with Crippen LogP contribution in [0, 0.1) is 5.82 Å². The molecule has 7 nitrogen and oxygen atoms in total. The molecule has 2 heterocycles. The molecule has 2 aromatic carbocycles. The number of hydrogen-bond acceptors (Lipinski definition) is 4. The minimum atomic E-state index is -0.451. The highest BCUT2D eigenvalue weighted by Gasteiger charge is 2.21. The summed E-state index contributed by atoms with van der Waals surface area (Å²) in [6.45, 7) is 2.36. The average Bonchev–Trinajstić information content (AvgIpc) is 3.21. The summed E-state index contributed by atoms with van der Waals surface area (Å²) in [5.41, 5.74) is 2.87. The third-order valence-electron chi connectivity index (χ3n) is 5.04. The molecule has 0 fully saturated rings. The molecule has 2 aromatic heterocycles. The Labute approximate surface area is 184 Å². The van der Waals surface area contributed by atoms with Crippen LogP contribution in [0.25, 0.3) is 22.3 Å². The van der Waals surface area contributed by atoms with Gasteiger partial charge in [0.2, 0.25) is 5.91 Å². The number of nitrogens with zero attached hydrogens (tertiary/aromatic N) is 4. The van der Waals surface area contributed by atoms with Crippen LogP contribution in [0.4, 0.5) is 10.1 Å². The lowest BCUT2D eigenvalue weighted by Gasteiger charge is -2.18. The second kappa shape index (κ2) is 8.97. The van der Waals surface area contributed by atoms with Gasteiger partial charge in [0, 0.05) is 24.8 Å². The number of nitrogens with one attached hydrogen (secondary N) is 1. The van der Waals surface area contributed by atoms with Crippen LogP contribution in [0.1, 0.15) is 17.3 Å². The number of aryl methyl sites for hydroxylation is 1. The smallest absolute Gasteiger partial charge is 0.254 e. The molecule has 162 valence electrons. The first-order valence-electron chi connectivity index (χ1n) is 10.2. The van der Waals surface area contributed by atoms with Gasteiger partial charge in [0.1, 0.15) is 5.82 Å². The van der Waals surface area contributed by atoms with Crippen LogP contribution in [0.15, 0.2) is 66.9 Å². The molecule has 0 saturated heterocycles. The van der Waals surface area contributed by atoms with Crippen molar-refractivity contribution in [2.45, 2.75) is 13.5 Å². The van der Waals surface area contributed by atoms with E-state index >= 15 is 0 Å². The van der Waals surface area contributed by atoms with E-state index in [1.165, 1.54) is 23.1 Å². The summed E-state index contributed by atoms with van der Waals surface area (Å²) in [6.07, 6.45) is 1.62. The maximum atomic E-state index is 13.4. The van der Waals surface area contributed by atoms with Gasteiger partial charge in [-0.1, -0.05) is 36.4 Å². The summed E-state index contributed by atoms with van der Waals surface area (Å²) in [5, 5.41) is 7.57. The number of amides is 2. The van der Waals surface area contributed by atoms with Crippen molar-refractivity contribution >= 4 is 28.5 Å². The summed E-state index contributed by atoms with van der Waals surface area (Å²) >= 11 is 0. The molecule has 8 heteroatoms. The van der Waals surface area contributed by atoms with Gasteiger partial charge in [-0.2, -0.15) is 5.10 Å². The topological polar surface area (TPSA) is 80.1 Å². The molecular formula is C24H22FN5O2. The fourth-order valence-electron chi connectivity index (χ4n) is 3.47. The molecule has 4 rings (SSSR count). The zero-order valence-corrected chi connectivity index (χ0v) is 17.7. The molecule has 0 aliphatic carbocycles. The van der Waals surface area contributed by atoms with Crippen LogP contribution in [-0.4, -0.2) is 45.1 Å². The molecule has 0 spiro atoms. The summed E-state index contributed by atoms with van der Waals surface area (Å²) in [6, 6.07) is 16.9. The Kier molecular flexibility index (Phi) is 5.93. The highest BCUT2D eigenvalue weighted by Crippen LogP contribution is 2.25. The van der Waals surface area contributed by atoms with E-state index < -0.39 is 11.7 Å². The van der Waals surface area contributed by atoms with Crippen LogP contribution in [0.2, 0.25) is 0 Å². The second-order valence-corrected chi connectivity index (χ2v) is 7.34. The van der Waals surface area contributed by atoms with Gasteiger partial charge < -0.3 is 10.2 Å². The molecular weight excluding hydrogens is 409 g/mol. The predicted molar refractivity (Wildman–Crippen MR) is 121 cm³/mol. The lowest BCUT2D eigenvalue weighted by Crippen LogP contribution is -2.35. The number of fused-ring (bicyclic) bond motifs is 1. The normalized spacial score (nSPS) is 10.8. The Bertz CT molecular complexity index is 1290. The Hall–Kier alpha value is -4.07. The van der Waals surface area contributed by atoms with Crippen LogP contribution < -0.4 is 5.32 Å². The SMILES string of the molecule is CCn1ncc2c(C(=O)N(C)CC(=O)Nc3cccc(F)c3)cc(-c3ccccc3)nc21. The summed E-state index contributed by atoms with van der Waals surface area (Å²) in [4.78, 5) is 31.8. The van der Waals surface area contributed by atoms with E-state index in [2.05, 4.69) is 10.4 Å². The first-order valence-corrected chi connectivity index (χ1v) is 10.2. The molecule has 0 bridgehead atoms. The zero-order valence-electron chi connectivity index (χ0n) is 17.7. The largest absolute Gasteiger partial charge is 0.332 e. The average molecular weight is 431 g/mol. The Morgan fingerprint density at radius 2 is 1.88 bits per heavy atom. The maximum Gasteiger partial charge on any atom is 0.254 e. The molecule has 0 radical (unpaired) electrons. The lowest BCUT2D eigenvalue weighted by molar-refractivity contribution is -0.116. The number of pyridine rings is 1. The first-order chi connectivity index (χ1) is 15.5. The van der Waals surface area contributed by atoms with Crippen molar-refractivity contribution in [3.63, 3.8) is 0 Å². The van der Waals surface area contributed by atoms with Crippen LogP contribution >= 0.6 is 0 Å². The predicted octanol–water partition coefficient (Wildman–Crippen LogP) is 3.97. The monoisotopic (exact) mass is 431 g/mol. The maximum absolute atomic E-state index is 13.4. The number of carbonyl (C=O) groups is 2. The summed E-state index contributed by atoms with van der Waals surface area (Å²) in [7, 11) is 1.55. The van der Waals surface area contributed by atoms with Gasteiger partial charge >= 0.3 is 0 Å². The van der Waals surface area contributed by atoms with Crippen molar-refractivity contribution < 1.29 is 14.0 Å². The summed E-state index contributed by atoms with van der Waals surface area (Å²) < 4.78 is 15.1. The van der Waals surface area contributed by atoms with Gasteiger partial charge in [0.25, 0.3) is 5.91 Å². The standard InChI is InChI=1S/C24H22FN5O2/c1-3-30-23-20(14-26-30)19(13-21(28-23)16-8-5-4-6-9-16)24(32)29(2)15-22(31)27-18-11-7-10-17(25)12-18/h4-14H,3,15H2,1-2H3,(H,27,31). The number of carbonyl (C=O) groups excluding carboxylic acids is 2. The number of rotatable bonds is 6. The Morgan fingerprint density at radius 1 is 1.09 bits per heavy atom. The molecule has 2 amide bonds. The van der Waals surface area contributed by atoms with Crippen molar-refractivity contribution in [1.82, 2.24) is 19.7 Å². The van der Waals surface area contributed by atoms with E-state index in [-0.39, 0.29) is 12.5 Å². The van der Waals surface area contributed by atoms with Crippen LogP contribution in [0.5, 0.6) is 0 Å². The molecule has 0 aliphatic rings. The molecule has 1 N–H and O–H groups in total. The minimum Gasteiger partial charge on any atom is -0.332 e. The molecule has 4 aromatic rings. The van der Waals surface area contributed by atoms with Crippen LogP contribution in [-0.2, 0) is 11.3 Å². The quantitative estimate of drug-likeness (QED) is 0.501. The van der Waals surface area contributed by atoms with Gasteiger partial charge in [-0.05, 0) is 31.2 Å². The van der Waals surface area contributed by atoms with Crippen molar-refractivity contribution in [1.29, 1.82) is 0 Å². The van der Waals surface area contributed by atoms with E-state index in [1.54, 1.807) is 30.1 Å². The van der Waals surface area contributed by atoms with Gasteiger partial charge in [0.15, 0.2) is 5.65 Å². The third-order valence-corrected chi connectivity index (χ3v) is 5.04. The van der Waals surface area contributed by atoms with Crippen molar-refractivity contribution in [3.05, 3.63) is 78.2 Å². The Morgan fingerprint density at radius 3 is 2.59 bits per heavy atom. The van der Waals surface area contributed by atoms with Gasteiger partial charge in [0.05, 0.1) is 29.4 Å². The van der Waals surface area contributed by atoms with Gasteiger partial charge in [-0.3, -0.25) is 9.59 Å². The molecule has 0 aliphatic heterocycles. The van der Waals surface area contributed by atoms with Gasteiger partial charge in [-0.15, -0.1) is 0 Å². The van der Waals surface area contributed by atoms with Crippen molar-refractivity contribution in [2.75, 3.05) is 18.9 Å². The second-order valence-electron chi connectivity index (χ2n) is 7.34. The van der Waals surface area contributed by atoms with E-state index in [1.807, 2.05) is 37.3 Å². The fraction of sp³-hybridized carbons (Fsp3) is 0.167. The van der Waals surface area contributed by atoms with Gasteiger partial charge in [-0.25, -0.2) is 14.1 Å². The zero-order chi connectivity index (χ0) is 22.7. The van der Waals surface area contributed by atoms with E-state index in [4.69, 9.17) is 4.98 Å². The molecule has 0 saturated carbocycles. The highest BCUT2D eigenvalue weighted by atomic mass is 19.1. The van der Waals surface area contributed by atoms with E-state index in [9.17, 15) is 14.0 Å². The number of halogens is 1. The molecule has 0 unspecified atom stereocenters. The number of hydrogen-bond donors (Lipinski definition) is 1. The van der Waals surface area contributed by atoms with E-state index in [0.717, 1.165) is 5.56 Å². The van der Waals surface area contributed by atoms with E-state index in [0.29, 0.717) is 34.5 Å². The van der Waals surface area contributed by atoms with Crippen molar-refractivity contribution in [3.8, 4) is 11.3 Å². The number of anilines is 1. The summed E-state index contributed by atoms with van der Waals surface area (Å²) in [5.74, 6) is -1.21. The number of aromatic nitrogens is 3. The Balaban J connectivity index is 1.63. The highest BCUT2D eigenvalue weighted by molar-refractivity contribution is 6.07. The van der Waals surface area contributed by atoms with Crippen LogP contribution in [0.3, 0.4) is 0 Å². The number of benzene rings is 2. The molecule has 0 atom stereocenters. The van der Waals surface area contributed by atoms with Crippen molar-refractivity contribution in [2.24, 2.45) is 0 Å². The first kappa shape index (κ1) is 21.2. The fourth-order valence-corrected chi connectivity index (χ4v) is 3.47. The lowest BCUT2D eigenvalue weighted by atomic mass is 10.1. The number of likely N-dealkylation sites (N-methyl/N-ethyl adjacent to an activating group) is 1.